The summed E-state index contributed by atoms with van der Waals surface area (Å²) in [6.45, 7) is 5.42. The summed E-state index contributed by atoms with van der Waals surface area (Å²) in [4.78, 5) is 48.8. The highest BCUT2D eigenvalue weighted by Gasteiger charge is 2.49. The quantitative estimate of drug-likeness (QED) is 0.656. The first kappa shape index (κ1) is 21.3. The minimum absolute atomic E-state index is 0.0634. The lowest BCUT2D eigenvalue weighted by molar-refractivity contribution is -0.149. The predicted molar refractivity (Wildman–Crippen MR) is 105 cm³/mol. The first-order valence-electron chi connectivity index (χ1n) is 10.2. The summed E-state index contributed by atoms with van der Waals surface area (Å²) in [5.41, 5.74) is 0. The molecule has 3 rings (SSSR count). The molecule has 0 aromatic carbocycles. The van der Waals surface area contributed by atoms with E-state index in [1.165, 1.54) is 0 Å². The number of hydrogen-bond donors (Lipinski definition) is 2. The molecule has 160 valence electrons. The average Bonchev–Trinajstić information content (AvgIpc) is 3.32. The Morgan fingerprint density at radius 1 is 1.41 bits per heavy atom. The number of H-pyrrole nitrogens is 1. The molecule has 2 N–H and O–H groups in total. The molecule has 3 amide bonds. The van der Waals surface area contributed by atoms with Crippen LogP contribution < -0.4 is 5.32 Å². The maximum absolute atomic E-state index is 13.0. The molecule has 1 aromatic rings. The second kappa shape index (κ2) is 9.39. The highest BCUT2D eigenvalue weighted by molar-refractivity contribution is 5.88. The molecule has 0 radical (unpaired) electrons. The van der Waals surface area contributed by atoms with Gasteiger partial charge in [-0.3, -0.25) is 14.4 Å². The number of fused-ring (bicyclic) bond motifs is 1. The van der Waals surface area contributed by atoms with Crippen molar-refractivity contribution in [3.63, 3.8) is 0 Å². The number of ether oxygens (including phenoxy) is 1. The van der Waals surface area contributed by atoms with Crippen molar-refractivity contribution in [3.05, 3.63) is 18.2 Å². The Bertz CT molecular complexity index is 720. The zero-order chi connectivity index (χ0) is 21.0. The molecule has 29 heavy (non-hydrogen) atoms. The third-order valence-electron chi connectivity index (χ3n) is 5.69. The van der Waals surface area contributed by atoms with Gasteiger partial charge in [-0.25, -0.2) is 4.98 Å². The molecule has 1 aromatic heterocycles. The van der Waals surface area contributed by atoms with Gasteiger partial charge < -0.3 is 24.8 Å². The van der Waals surface area contributed by atoms with Crippen LogP contribution in [0.25, 0.3) is 0 Å². The van der Waals surface area contributed by atoms with Gasteiger partial charge in [0.25, 0.3) is 0 Å². The van der Waals surface area contributed by atoms with Crippen molar-refractivity contribution in [2.24, 2.45) is 11.8 Å². The summed E-state index contributed by atoms with van der Waals surface area (Å²) < 4.78 is 4.98. The zero-order valence-corrected chi connectivity index (χ0v) is 17.4. The van der Waals surface area contributed by atoms with Crippen LogP contribution in [0.15, 0.2) is 12.4 Å². The molecule has 0 unspecified atom stereocenters. The summed E-state index contributed by atoms with van der Waals surface area (Å²) in [6.07, 6.45) is 4.96. The van der Waals surface area contributed by atoms with E-state index < -0.39 is 0 Å². The van der Waals surface area contributed by atoms with Gasteiger partial charge in [0.15, 0.2) is 0 Å². The van der Waals surface area contributed by atoms with Gasteiger partial charge in [-0.2, -0.15) is 0 Å². The number of methoxy groups -OCH3 is 1. The summed E-state index contributed by atoms with van der Waals surface area (Å²) in [5, 5.41) is 2.95. The van der Waals surface area contributed by atoms with Gasteiger partial charge in [-0.15, -0.1) is 0 Å². The first-order chi connectivity index (χ1) is 13.9. The van der Waals surface area contributed by atoms with E-state index in [9.17, 15) is 14.4 Å². The number of carbonyl (C=O) groups excluding carboxylic acids is 3. The van der Waals surface area contributed by atoms with E-state index in [2.05, 4.69) is 29.1 Å². The molecule has 2 fully saturated rings. The lowest BCUT2D eigenvalue weighted by Crippen LogP contribution is -2.58. The van der Waals surface area contributed by atoms with Crippen molar-refractivity contribution >= 4 is 17.7 Å². The second-order valence-electron chi connectivity index (χ2n) is 8.26. The van der Waals surface area contributed by atoms with Gasteiger partial charge in [0, 0.05) is 32.1 Å². The number of rotatable bonds is 8. The lowest BCUT2D eigenvalue weighted by Gasteiger charge is -2.40. The van der Waals surface area contributed by atoms with Crippen molar-refractivity contribution in [2.75, 3.05) is 26.8 Å². The third kappa shape index (κ3) is 4.95. The Hall–Kier alpha value is -2.42. The SMILES string of the molecule is COCCC(=O)N1CC(=O)N2[C@@H](C[C@H](C(=O)NCc3ncc[nH]3)[C@@H]2CC(C)C)C1. The minimum atomic E-state index is -0.282. The molecule has 3 atom stereocenters. The molecule has 2 aliphatic heterocycles. The summed E-state index contributed by atoms with van der Waals surface area (Å²) in [6, 6.07) is -0.258. The number of nitrogens with zero attached hydrogens (tertiary/aromatic N) is 3. The Labute approximate surface area is 171 Å². The second-order valence-corrected chi connectivity index (χ2v) is 8.26. The van der Waals surface area contributed by atoms with Crippen molar-refractivity contribution in [2.45, 2.75) is 51.7 Å². The molecule has 0 bridgehead atoms. The van der Waals surface area contributed by atoms with Crippen LogP contribution in [0, 0.1) is 11.8 Å². The van der Waals surface area contributed by atoms with Crippen molar-refractivity contribution in [1.82, 2.24) is 25.1 Å². The van der Waals surface area contributed by atoms with Crippen LogP contribution in [0.3, 0.4) is 0 Å². The van der Waals surface area contributed by atoms with E-state index in [1.807, 2.05) is 4.90 Å². The molecule has 0 aliphatic carbocycles. The van der Waals surface area contributed by atoms with Crippen LogP contribution in [-0.4, -0.2) is 76.4 Å². The standard InChI is InChI=1S/C20H31N5O4/c1-13(2)8-16-15(20(28)23-10-17-21-5-6-22-17)9-14-11-24(12-19(27)25(14)16)18(26)4-7-29-3/h5-6,13-16H,4,7-12H2,1-3H3,(H,21,22)(H,23,28)/t14-,15-,16-/m0/s1. The van der Waals surface area contributed by atoms with E-state index in [4.69, 9.17) is 4.74 Å². The van der Waals surface area contributed by atoms with E-state index >= 15 is 0 Å². The van der Waals surface area contributed by atoms with Crippen molar-refractivity contribution in [3.8, 4) is 0 Å². The Morgan fingerprint density at radius 3 is 2.86 bits per heavy atom. The van der Waals surface area contributed by atoms with Gasteiger partial charge in [0.1, 0.15) is 5.82 Å². The van der Waals surface area contributed by atoms with E-state index in [0.717, 1.165) is 6.42 Å². The van der Waals surface area contributed by atoms with Crippen LogP contribution >= 0.6 is 0 Å². The smallest absolute Gasteiger partial charge is 0.242 e. The number of hydrogen-bond acceptors (Lipinski definition) is 5. The lowest BCUT2D eigenvalue weighted by atomic mass is 9.91. The molecule has 9 heteroatoms. The fourth-order valence-electron chi connectivity index (χ4n) is 4.42. The topological polar surface area (TPSA) is 108 Å². The Kier molecular flexibility index (Phi) is 6.89. The molecule has 0 saturated carbocycles. The number of aromatic nitrogens is 2. The van der Waals surface area contributed by atoms with Crippen molar-refractivity contribution < 1.29 is 19.1 Å². The highest BCUT2D eigenvalue weighted by Crippen LogP contribution is 2.36. The van der Waals surface area contributed by atoms with Crippen LogP contribution in [0.5, 0.6) is 0 Å². The molecule has 0 spiro atoms. The fourth-order valence-corrected chi connectivity index (χ4v) is 4.42. The van der Waals surface area contributed by atoms with Crippen LogP contribution in [0.4, 0.5) is 0 Å². The molecule has 9 nitrogen and oxygen atoms in total. The van der Waals surface area contributed by atoms with Gasteiger partial charge in [-0.05, 0) is 18.8 Å². The number of imidazole rings is 1. The molecule has 3 heterocycles. The van der Waals surface area contributed by atoms with Gasteiger partial charge in [0.05, 0.1) is 38.1 Å². The summed E-state index contributed by atoms with van der Waals surface area (Å²) >= 11 is 0. The average molecular weight is 405 g/mol. The molecular formula is C20H31N5O4. The van der Waals surface area contributed by atoms with Gasteiger partial charge in [0.2, 0.25) is 17.7 Å². The minimum Gasteiger partial charge on any atom is -0.384 e. The highest BCUT2D eigenvalue weighted by atomic mass is 16.5. The summed E-state index contributed by atoms with van der Waals surface area (Å²) in [5.74, 6) is 0.556. The number of nitrogens with one attached hydrogen (secondary N) is 2. The number of piperazine rings is 1. The van der Waals surface area contributed by atoms with Crippen LogP contribution in [-0.2, 0) is 25.7 Å². The van der Waals surface area contributed by atoms with E-state index in [1.54, 1.807) is 24.4 Å². The van der Waals surface area contributed by atoms with E-state index in [0.29, 0.717) is 37.9 Å². The fraction of sp³-hybridized carbons (Fsp3) is 0.700. The maximum atomic E-state index is 13.0. The monoisotopic (exact) mass is 405 g/mol. The van der Waals surface area contributed by atoms with E-state index in [-0.39, 0.29) is 48.7 Å². The summed E-state index contributed by atoms with van der Waals surface area (Å²) in [7, 11) is 1.55. The number of carbonyl (C=O) groups is 3. The molecular weight excluding hydrogens is 374 g/mol. The molecule has 2 saturated heterocycles. The normalized spacial score (nSPS) is 24.1. The van der Waals surface area contributed by atoms with Crippen LogP contribution in [0.2, 0.25) is 0 Å². The zero-order valence-electron chi connectivity index (χ0n) is 17.4. The third-order valence-corrected chi connectivity index (χ3v) is 5.69. The molecule has 2 aliphatic rings. The predicted octanol–water partition coefficient (Wildman–Crippen LogP) is 0.536. The Morgan fingerprint density at radius 2 is 2.21 bits per heavy atom. The largest absolute Gasteiger partial charge is 0.384 e. The Balaban J connectivity index is 1.70. The number of aromatic amines is 1. The van der Waals surface area contributed by atoms with Crippen molar-refractivity contribution in [1.29, 1.82) is 0 Å². The first-order valence-corrected chi connectivity index (χ1v) is 10.2. The maximum Gasteiger partial charge on any atom is 0.242 e. The van der Waals surface area contributed by atoms with Crippen LogP contribution in [0.1, 0.15) is 38.9 Å². The van der Waals surface area contributed by atoms with Gasteiger partial charge >= 0.3 is 0 Å². The van der Waals surface area contributed by atoms with Gasteiger partial charge in [-0.1, -0.05) is 13.8 Å². The number of amides is 3.